The van der Waals surface area contributed by atoms with E-state index in [0.29, 0.717) is 0 Å². The van der Waals surface area contributed by atoms with Crippen LogP contribution >= 0.6 is 15.9 Å². The van der Waals surface area contributed by atoms with Crippen LogP contribution in [-0.2, 0) is 6.42 Å². The van der Waals surface area contributed by atoms with Gasteiger partial charge in [0.15, 0.2) is 0 Å². The van der Waals surface area contributed by atoms with Gasteiger partial charge in [-0.1, -0.05) is 22.9 Å². The van der Waals surface area contributed by atoms with E-state index in [1.54, 1.807) is 0 Å². The van der Waals surface area contributed by atoms with Crippen molar-refractivity contribution in [1.29, 1.82) is 0 Å². The molecule has 0 aliphatic carbocycles. The first kappa shape index (κ1) is 13.2. The highest BCUT2D eigenvalue weighted by Gasteiger charge is 2.11. The Hall–Kier alpha value is -1.81. The molecule has 0 bridgehead atoms. The highest BCUT2D eigenvalue weighted by Crippen LogP contribution is 2.25. The summed E-state index contributed by atoms with van der Waals surface area (Å²) in [6.07, 6.45) is 2.01. The Kier molecular flexibility index (Phi) is 3.49. The van der Waals surface area contributed by atoms with E-state index in [9.17, 15) is 0 Å². The van der Waals surface area contributed by atoms with Gasteiger partial charge in [-0.3, -0.25) is 4.57 Å². The number of aromatic nitrogens is 2. The van der Waals surface area contributed by atoms with Crippen LogP contribution < -0.4 is 5.73 Å². The van der Waals surface area contributed by atoms with Crippen LogP contribution in [0.15, 0.2) is 46.9 Å². The largest absolute Gasteiger partial charge is 0.399 e. The summed E-state index contributed by atoms with van der Waals surface area (Å²) < 4.78 is 3.29. The number of anilines is 1. The minimum Gasteiger partial charge on any atom is -0.399 e. The summed E-state index contributed by atoms with van der Waals surface area (Å²) in [5.74, 6) is 1.08. The van der Waals surface area contributed by atoms with Gasteiger partial charge < -0.3 is 5.73 Å². The molecule has 0 saturated heterocycles. The highest BCUT2D eigenvalue weighted by molar-refractivity contribution is 9.10. The minimum atomic E-state index is 0.751. The number of halogens is 1. The van der Waals surface area contributed by atoms with Gasteiger partial charge in [-0.2, -0.15) is 0 Å². The number of hydrogen-bond donors (Lipinski definition) is 1. The molecule has 4 heteroatoms. The summed E-state index contributed by atoms with van der Waals surface area (Å²) in [5.41, 5.74) is 9.80. The minimum absolute atomic E-state index is 0.751. The van der Waals surface area contributed by atoms with E-state index in [4.69, 9.17) is 10.7 Å². The Bertz CT molecular complexity index is 744. The van der Waals surface area contributed by atoms with Crippen molar-refractivity contribution in [2.45, 2.75) is 19.8 Å². The summed E-state index contributed by atoms with van der Waals surface area (Å²) in [5, 5.41) is 0. The second-order valence-electron chi connectivity index (χ2n) is 4.84. The van der Waals surface area contributed by atoms with Crippen molar-refractivity contribution < 1.29 is 0 Å². The van der Waals surface area contributed by atoms with Gasteiger partial charge in [0, 0.05) is 22.3 Å². The second kappa shape index (κ2) is 5.29. The number of hydrogen-bond acceptors (Lipinski definition) is 2. The van der Waals surface area contributed by atoms with Crippen molar-refractivity contribution in [2.24, 2.45) is 0 Å². The molecule has 3 aromatic rings. The molecule has 20 heavy (non-hydrogen) atoms. The fourth-order valence-electron chi connectivity index (χ4n) is 2.42. The molecule has 1 aromatic heterocycles. The molecule has 0 radical (unpaired) electrons. The normalized spacial score (nSPS) is 11.1. The summed E-state index contributed by atoms with van der Waals surface area (Å²) in [6, 6.07) is 14.2. The Labute approximate surface area is 126 Å². The van der Waals surface area contributed by atoms with E-state index in [1.165, 1.54) is 0 Å². The number of imidazole rings is 1. The molecule has 0 aliphatic heterocycles. The highest BCUT2D eigenvalue weighted by atomic mass is 79.9. The van der Waals surface area contributed by atoms with Gasteiger partial charge in [0.1, 0.15) is 5.82 Å². The lowest BCUT2D eigenvalue weighted by Crippen LogP contribution is -2.00. The zero-order chi connectivity index (χ0) is 14.1. The third-order valence-corrected chi connectivity index (χ3v) is 3.84. The molecule has 3 rings (SSSR count). The predicted molar refractivity (Wildman–Crippen MR) is 87.2 cm³/mol. The third kappa shape index (κ3) is 2.31. The van der Waals surface area contributed by atoms with Crippen LogP contribution in [0.25, 0.3) is 16.7 Å². The Morgan fingerprint density at radius 1 is 1.15 bits per heavy atom. The summed E-state index contributed by atoms with van der Waals surface area (Å²) >= 11 is 3.48. The van der Waals surface area contributed by atoms with Gasteiger partial charge in [0.25, 0.3) is 0 Å². The van der Waals surface area contributed by atoms with Crippen LogP contribution in [0.1, 0.15) is 19.2 Å². The van der Waals surface area contributed by atoms with Gasteiger partial charge in [-0.05, 0) is 48.9 Å². The molecule has 0 saturated carbocycles. The first-order chi connectivity index (χ1) is 9.69. The van der Waals surface area contributed by atoms with Crippen molar-refractivity contribution in [3.8, 4) is 5.69 Å². The zero-order valence-corrected chi connectivity index (χ0v) is 12.9. The van der Waals surface area contributed by atoms with Crippen LogP contribution in [0.4, 0.5) is 5.69 Å². The maximum atomic E-state index is 5.86. The SMILES string of the molecule is CCCc1nc2cc(N)ccc2n1-c1ccc(Br)cc1. The van der Waals surface area contributed by atoms with Crippen LogP contribution in [0.3, 0.4) is 0 Å². The molecular formula is C16H16BrN3. The number of nitrogens with zero attached hydrogens (tertiary/aromatic N) is 2. The van der Waals surface area contributed by atoms with Gasteiger partial charge >= 0.3 is 0 Å². The first-order valence-electron chi connectivity index (χ1n) is 6.72. The van der Waals surface area contributed by atoms with Gasteiger partial charge in [-0.25, -0.2) is 4.98 Å². The number of aryl methyl sites for hydroxylation is 1. The average molecular weight is 330 g/mol. The lowest BCUT2D eigenvalue weighted by atomic mass is 10.2. The van der Waals surface area contributed by atoms with Crippen molar-refractivity contribution in [3.05, 3.63) is 52.8 Å². The Morgan fingerprint density at radius 2 is 1.90 bits per heavy atom. The summed E-state index contributed by atoms with van der Waals surface area (Å²) in [7, 11) is 0. The van der Waals surface area contributed by atoms with Crippen molar-refractivity contribution in [3.63, 3.8) is 0 Å². The van der Waals surface area contributed by atoms with E-state index < -0.39 is 0 Å². The van der Waals surface area contributed by atoms with Crippen molar-refractivity contribution in [2.75, 3.05) is 5.73 Å². The first-order valence-corrected chi connectivity index (χ1v) is 7.51. The van der Waals surface area contributed by atoms with Gasteiger partial charge in [-0.15, -0.1) is 0 Å². The lowest BCUT2D eigenvalue weighted by molar-refractivity contribution is 0.818. The van der Waals surface area contributed by atoms with Gasteiger partial charge in [0.2, 0.25) is 0 Å². The van der Waals surface area contributed by atoms with E-state index in [2.05, 4.69) is 39.6 Å². The molecule has 0 amide bonds. The van der Waals surface area contributed by atoms with E-state index >= 15 is 0 Å². The van der Waals surface area contributed by atoms with E-state index in [1.807, 2.05) is 30.3 Å². The molecule has 3 nitrogen and oxygen atoms in total. The Morgan fingerprint density at radius 3 is 2.60 bits per heavy atom. The quantitative estimate of drug-likeness (QED) is 0.727. The molecule has 2 N–H and O–H groups in total. The second-order valence-corrected chi connectivity index (χ2v) is 5.75. The smallest absolute Gasteiger partial charge is 0.114 e. The van der Waals surface area contributed by atoms with E-state index in [-0.39, 0.29) is 0 Å². The number of benzene rings is 2. The Balaban J connectivity index is 2.25. The number of rotatable bonds is 3. The zero-order valence-electron chi connectivity index (χ0n) is 11.3. The predicted octanol–water partition coefficient (Wildman–Crippen LogP) is 4.32. The average Bonchev–Trinajstić information content (AvgIpc) is 2.77. The monoisotopic (exact) mass is 329 g/mol. The maximum Gasteiger partial charge on any atom is 0.114 e. The summed E-state index contributed by atoms with van der Waals surface area (Å²) in [6.45, 7) is 2.17. The molecule has 0 spiro atoms. The van der Waals surface area contributed by atoms with Crippen LogP contribution in [-0.4, -0.2) is 9.55 Å². The van der Waals surface area contributed by atoms with E-state index in [0.717, 1.165) is 45.5 Å². The number of fused-ring (bicyclic) bond motifs is 1. The topological polar surface area (TPSA) is 43.8 Å². The fraction of sp³-hybridized carbons (Fsp3) is 0.188. The molecule has 102 valence electrons. The lowest BCUT2D eigenvalue weighted by Gasteiger charge is -2.09. The fourth-order valence-corrected chi connectivity index (χ4v) is 2.68. The standard InChI is InChI=1S/C16H16BrN3/c1-2-3-16-19-14-10-12(18)6-9-15(14)20(16)13-7-4-11(17)5-8-13/h4-10H,2-3,18H2,1H3. The van der Waals surface area contributed by atoms with Crippen LogP contribution in [0.5, 0.6) is 0 Å². The number of nitrogens with two attached hydrogens (primary N) is 1. The third-order valence-electron chi connectivity index (χ3n) is 3.31. The molecule has 1 heterocycles. The van der Waals surface area contributed by atoms with Crippen molar-refractivity contribution >= 4 is 32.7 Å². The maximum absolute atomic E-state index is 5.86. The molecule has 2 aromatic carbocycles. The van der Waals surface area contributed by atoms with Gasteiger partial charge in [0.05, 0.1) is 11.0 Å². The number of nitrogen functional groups attached to an aromatic ring is 1. The van der Waals surface area contributed by atoms with Crippen molar-refractivity contribution in [1.82, 2.24) is 9.55 Å². The molecule has 0 aliphatic rings. The molecular weight excluding hydrogens is 314 g/mol. The molecule has 0 atom stereocenters. The van der Waals surface area contributed by atoms with Crippen LogP contribution in [0.2, 0.25) is 0 Å². The summed E-state index contributed by atoms with van der Waals surface area (Å²) in [4.78, 5) is 4.73. The molecule has 0 fully saturated rings. The molecule has 0 unspecified atom stereocenters. The van der Waals surface area contributed by atoms with Crippen LogP contribution in [0, 0.1) is 0 Å².